The second-order valence-electron chi connectivity index (χ2n) is 6.99. The molecule has 0 atom stereocenters. The molecule has 0 radical (unpaired) electrons. The summed E-state index contributed by atoms with van der Waals surface area (Å²) < 4.78 is 0. The van der Waals surface area contributed by atoms with Crippen molar-refractivity contribution in [3.63, 3.8) is 0 Å². The minimum atomic E-state index is -0.0125. The van der Waals surface area contributed by atoms with Crippen LogP contribution in [0.25, 0.3) is 0 Å². The van der Waals surface area contributed by atoms with Crippen LogP contribution in [-0.4, -0.2) is 36.0 Å². The van der Waals surface area contributed by atoms with Crippen LogP contribution in [-0.2, 0) is 11.2 Å². The molecule has 2 saturated carbocycles. The fraction of sp³-hybridized carbons (Fsp3) is 0.611. The van der Waals surface area contributed by atoms with Crippen LogP contribution in [0, 0.1) is 0 Å². The summed E-state index contributed by atoms with van der Waals surface area (Å²) >= 11 is 5.93. The third-order valence-electron chi connectivity index (χ3n) is 5.05. The van der Waals surface area contributed by atoms with E-state index in [2.05, 4.69) is 29.4 Å². The monoisotopic (exact) mass is 320 g/mol. The number of rotatable bonds is 6. The van der Waals surface area contributed by atoms with E-state index >= 15 is 0 Å². The maximum Gasteiger partial charge on any atom is 0.234 e. The van der Waals surface area contributed by atoms with Crippen molar-refractivity contribution in [3.8, 4) is 0 Å². The number of halogens is 1. The minimum absolute atomic E-state index is 0.0125. The average molecular weight is 321 g/mol. The van der Waals surface area contributed by atoms with Crippen LogP contribution in [0.5, 0.6) is 0 Å². The number of nitrogens with zero attached hydrogens (tertiary/aromatic N) is 1. The summed E-state index contributed by atoms with van der Waals surface area (Å²) in [5.41, 5.74) is 1.23. The van der Waals surface area contributed by atoms with E-state index < -0.39 is 0 Å². The van der Waals surface area contributed by atoms with Crippen molar-refractivity contribution in [1.82, 2.24) is 10.2 Å². The topological polar surface area (TPSA) is 32.3 Å². The number of hydrogen-bond donors (Lipinski definition) is 1. The molecule has 2 fully saturated rings. The van der Waals surface area contributed by atoms with Gasteiger partial charge in [0.15, 0.2) is 0 Å². The summed E-state index contributed by atoms with van der Waals surface area (Å²) in [5, 5.41) is 4.03. The summed E-state index contributed by atoms with van der Waals surface area (Å²) in [5.74, 6) is 0.167. The molecule has 0 spiro atoms. The van der Waals surface area contributed by atoms with Gasteiger partial charge in [-0.15, -0.1) is 0 Å². The Balaban J connectivity index is 1.51. The summed E-state index contributed by atoms with van der Waals surface area (Å²) in [6.07, 6.45) is 8.14. The SMILES string of the molecule is CN(CC(=O)NC1(Cc2ccc(Cl)cc2)CC1)C1CCCC1. The molecular formula is C18H25ClN2O. The first kappa shape index (κ1) is 15.8. The first-order valence-electron chi connectivity index (χ1n) is 8.32. The van der Waals surface area contributed by atoms with Crippen molar-refractivity contribution < 1.29 is 4.79 Å². The van der Waals surface area contributed by atoms with Gasteiger partial charge in [-0.25, -0.2) is 0 Å². The lowest BCUT2D eigenvalue weighted by atomic mass is 10.0. The zero-order chi connectivity index (χ0) is 15.6. The Bertz CT molecular complexity index is 518. The van der Waals surface area contributed by atoms with Gasteiger partial charge in [0, 0.05) is 16.6 Å². The molecule has 4 heteroatoms. The normalized spacial score (nSPS) is 20.3. The first-order valence-corrected chi connectivity index (χ1v) is 8.70. The Morgan fingerprint density at radius 3 is 2.50 bits per heavy atom. The lowest BCUT2D eigenvalue weighted by Crippen LogP contribution is -2.45. The lowest BCUT2D eigenvalue weighted by Gasteiger charge is -2.25. The third-order valence-corrected chi connectivity index (χ3v) is 5.31. The van der Waals surface area contributed by atoms with Crippen molar-refractivity contribution in [2.45, 2.75) is 56.5 Å². The van der Waals surface area contributed by atoms with Crippen LogP contribution in [0.2, 0.25) is 5.02 Å². The third kappa shape index (κ3) is 4.02. The van der Waals surface area contributed by atoms with Crippen LogP contribution in [0.1, 0.15) is 44.1 Å². The predicted molar refractivity (Wildman–Crippen MR) is 90.1 cm³/mol. The van der Waals surface area contributed by atoms with Gasteiger partial charge in [0.1, 0.15) is 0 Å². The first-order chi connectivity index (χ1) is 10.6. The molecule has 0 saturated heterocycles. The van der Waals surface area contributed by atoms with Gasteiger partial charge in [-0.1, -0.05) is 36.6 Å². The molecule has 3 nitrogen and oxygen atoms in total. The Labute approximate surface area is 138 Å². The Kier molecular flexibility index (Phi) is 4.74. The van der Waals surface area contributed by atoms with E-state index in [1.165, 1.54) is 31.2 Å². The fourth-order valence-corrected chi connectivity index (χ4v) is 3.65. The van der Waals surface area contributed by atoms with E-state index in [4.69, 9.17) is 11.6 Å². The number of carbonyl (C=O) groups is 1. The number of amides is 1. The number of carbonyl (C=O) groups excluding carboxylic acids is 1. The molecule has 2 aliphatic rings. The molecule has 0 heterocycles. The van der Waals surface area contributed by atoms with Gasteiger partial charge < -0.3 is 5.32 Å². The molecule has 120 valence electrons. The Morgan fingerprint density at radius 1 is 1.27 bits per heavy atom. The van der Waals surface area contributed by atoms with Crippen molar-refractivity contribution in [2.75, 3.05) is 13.6 Å². The molecule has 1 amide bonds. The van der Waals surface area contributed by atoms with Crippen molar-refractivity contribution in [2.24, 2.45) is 0 Å². The summed E-state index contributed by atoms with van der Waals surface area (Å²) in [7, 11) is 2.08. The second kappa shape index (κ2) is 6.59. The molecule has 0 bridgehead atoms. The van der Waals surface area contributed by atoms with E-state index in [-0.39, 0.29) is 11.4 Å². The summed E-state index contributed by atoms with van der Waals surface area (Å²) in [6.45, 7) is 0.521. The van der Waals surface area contributed by atoms with Gasteiger partial charge in [0.25, 0.3) is 0 Å². The van der Waals surface area contributed by atoms with Crippen LogP contribution >= 0.6 is 11.6 Å². The average Bonchev–Trinajstić information content (AvgIpc) is 3.02. The maximum atomic E-state index is 12.3. The van der Waals surface area contributed by atoms with Gasteiger partial charge in [0.2, 0.25) is 5.91 Å². The van der Waals surface area contributed by atoms with Gasteiger partial charge in [-0.3, -0.25) is 9.69 Å². The Hall–Kier alpha value is -1.06. The highest BCUT2D eigenvalue weighted by Crippen LogP contribution is 2.38. The van der Waals surface area contributed by atoms with E-state index in [0.29, 0.717) is 12.6 Å². The molecule has 1 N–H and O–H groups in total. The molecule has 22 heavy (non-hydrogen) atoms. The van der Waals surface area contributed by atoms with E-state index in [1.807, 2.05) is 12.1 Å². The molecule has 1 aromatic carbocycles. The minimum Gasteiger partial charge on any atom is -0.349 e. The van der Waals surface area contributed by atoms with E-state index in [1.54, 1.807) is 0 Å². The van der Waals surface area contributed by atoms with Gasteiger partial charge in [-0.05, 0) is 56.8 Å². The van der Waals surface area contributed by atoms with Crippen LogP contribution in [0.15, 0.2) is 24.3 Å². The lowest BCUT2D eigenvalue weighted by molar-refractivity contribution is -0.123. The molecule has 0 unspecified atom stereocenters. The van der Waals surface area contributed by atoms with Crippen molar-refractivity contribution >= 4 is 17.5 Å². The highest BCUT2D eigenvalue weighted by Gasteiger charge is 2.44. The molecule has 0 aliphatic heterocycles. The number of hydrogen-bond acceptors (Lipinski definition) is 2. The van der Waals surface area contributed by atoms with Crippen LogP contribution < -0.4 is 5.32 Å². The molecule has 1 aromatic rings. The van der Waals surface area contributed by atoms with Crippen molar-refractivity contribution in [3.05, 3.63) is 34.9 Å². The second-order valence-corrected chi connectivity index (χ2v) is 7.42. The summed E-state index contributed by atoms with van der Waals surface area (Å²) in [6, 6.07) is 8.54. The Morgan fingerprint density at radius 2 is 1.91 bits per heavy atom. The van der Waals surface area contributed by atoms with E-state index in [0.717, 1.165) is 24.3 Å². The number of nitrogens with one attached hydrogen (secondary N) is 1. The quantitative estimate of drug-likeness (QED) is 0.871. The van der Waals surface area contributed by atoms with Gasteiger partial charge in [-0.2, -0.15) is 0 Å². The van der Waals surface area contributed by atoms with Gasteiger partial charge in [0.05, 0.1) is 6.54 Å². The van der Waals surface area contributed by atoms with E-state index in [9.17, 15) is 4.79 Å². The fourth-order valence-electron chi connectivity index (χ4n) is 3.53. The number of benzene rings is 1. The molecular weight excluding hydrogens is 296 g/mol. The molecule has 0 aromatic heterocycles. The van der Waals surface area contributed by atoms with Gasteiger partial charge >= 0.3 is 0 Å². The van der Waals surface area contributed by atoms with Crippen LogP contribution in [0.3, 0.4) is 0 Å². The van der Waals surface area contributed by atoms with Crippen LogP contribution in [0.4, 0.5) is 0 Å². The smallest absolute Gasteiger partial charge is 0.234 e. The standard InChI is InChI=1S/C18H25ClN2O/c1-21(16-4-2-3-5-16)13-17(22)20-18(10-11-18)12-14-6-8-15(19)9-7-14/h6-9,16H,2-5,10-13H2,1H3,(H,20,22). The van der Waals surface area contributed by atoms with Crippen molar-refractivity contribution in [1.29, 1.82) is 0 Å². The summed E-state index contributed by atoms with van der Waals surface area (Å²) in [4.78, 5) is 14.6. The maximum absolute atomic E-state index is 12.3. The molecule has 2 aliphatic carbocycles. The predicted octanol–water partition coefficient (Wildman–Crippen LogP) is 3.41. The highest BCUT2D eigenvalue weighted by atomic mass is 35.5. The highest BCUT2D eigenvalue weighted by molar-refractivity contribution is 6.30. The zero-order valence-electron chi connectivity index (χ0n) is 13.3. The zero-order valence-corrected chi connectivity index (χ0v) is 14.0. The molecule has 3 rings (SSSR count). The largest absolute Gasteiger partial charge is 0.349 e. The number of likely N-dealkylation sites (N-methyl/N-ethyl adjacent to an activating group) is 1.